The lowest BCUT2D eigenvalue weighted by molar-refractivity contribution is -0.124. The van der Waals surface area contributed by atoms with Crippen molar-refractivity contribution in [1.82, 2.24) is 25.6 Å². The fourth-order valence-electron chi connectivity index (χ4n) is 2.30. The smallest absolute Gasteiger partial charge is 0.255 e. The SMILES string of the molecule is CC(NC(=O)C1(NC(=O)c2cncnc2)CC1)c1ccc(O)cn1. The molecular weight excluding hydrogens is 310 g/mol. The molecule has 1 fully saturated rings. The molecule has 2 amide bonds. The molecular formula is C16H17N5O3. The third kappa shape index (κ3) is 3.32. The lowest BCUT2D eigenvalue weighted by Crippen LogP contribution is -2.49. The summed E-state index contributed by atoms with van der Waals surface area (Å²) in [4.78, 5) is 36.4. The first-order valence-electron chi connectivity index (χ1n) is 7.53. The zero-order valence-corrected chi connectivity index (χ0v) is 13.1. The van der Waals surface area contributed by atoms with E-state index in [4.69, 9.17) is 0 Å². The number of nitrogens with one attached hydrogen (secondary N) is 2. The number of carbonyl (C=O) groups excluding carboxylic acids is 2. The van der Waals surface area contributed by atoms with E-state index in [0.29, 0.717) is 24.1 Å². The van der Waals surface area contributed by atoms with Crippen LogP contribution in [0.3, 0.4) is 0 Å². The highest BCUT2D eigenvalue weighted by Crippen LogP contribution is 2.36. The van der Waals surface area contributed by atoms with Crippen molar-refractivity contribution >= 4 is 11.8 Å². The first-order valence-corrected chi connectivity index (χ1v) is 7.53. The van der Waals surface area contributed by atoms with Gasteiger partial charge in [-0.05, 0) is 31.9 Å². The molecule has 1 aliphatic rings. The third-order valence-corrected chi connectivity index (χ3v) is 3.92. The van der Waals surface area contributed by atoms with Gasteiger partial charge in [0.2, 0.25) is 5.91 Å². The van der Waals surface area contributed by atoms with Crippen LogP contribution in [0.15, 0.2) is 37.1 Å². The third-order valence-electron chi connectivity index (χ3n) is 3.92. The Hall–Kier alpha value is -3.03. The van der Waals surface area contributed by atoms with E-state index in [1.165, 1.54) is 31.0 Å². The molecule has 124 valence electrons. The number of pyridine rings is 1. The van der Waals surface area contributed by atoms with E-state index < -0.39 is 5.54 Å². The van der Waals surface area contributed by atoms with Gasteiger partial charge in [0.1, 0.15) is 17.6 Å². The maximum Gasteiger partial charge on any atom is 0.255 e. The largest absolute Gasteiger partial charge is 0.506 e. The van der Waals surface area contributed by atoms with Gasteiger partial charge in [0.15, 0.2) is 0 Å². The highest BCUT2D eigenvalue weighted by molar-refractivity contribution is 6.00. The lowest BCUT2D eigenvalue weighted by atomic mass is 10.1. The molecule has 1 atom stereocenters. The predicted molar refractivity (Wildman–Crippen MR) is 83.9 cm³/mol. The summed E-state index contributed by atoms with van der Waals surface area (Å²) in [5.41, 5.74) is 0.0440. The number of rotatable bonds is 5. The second-order valence-electron chi connectivity index (χ2n) is 5.80. The number of amides is 2. The molecule has 3 rings (SSSR count). The molecule has 0 radical (unpaired) electrons. The van der Waals surface area contributed by atoms with Crippen molar-refractivity contribution in [3.8, 4) is 5.75 Å². The van der Waals surface area contributed by atoms with Crippen molar-refractivity contribution in [3.63, 3.8) is 0 Å². The monoisotopic (exact) mass is 327 g/mol. The van der Waals surface area contributed by atoms with Gasteiger partial charge in [-0.1, -0.05) is 0 Å². The van der Waals surface area contributed by atoms with Crippen molar-refractivity contribution in [1.29, 1.82) is 0 Å². The van der Waals surface area contributed by atoms with Gasteiger partial charge >= 0.3 is 0 Å². The Morgan fingerprint density at radius 1 is 1.21 bits per heavy atom. The van der Waals surface area contributed by atoms with E-state index in [1.807, 2.05) is 0 Å². The number of nitrogens with zero attached hydrogens (tertiary/aromatic N) is 3. The van der Waals surface area contributed by atoms with E-state index >= 15 is 0 Å². The van der Waals surface area contributed by atoms with Crippen molar-refractivity contribution in [2.45, 2.75) is 31.3 Å². The summed E-state index contributed by atoms with van der Waals surface area (Å²) >= 11 is 0. The van der Waals surface area contributed by atoms with Crippen LogP contribution >= 0.6 is 0 Å². The highest BCUT2D eigenvalue weighted by atomic mass is 16.3. The van der Waals surface area contributed by atoms with Crippen LogP contribution in [0.5, 0.6) is 5.75 Å². The lowest BCUT2D eigenvalue weighted by Gasteiger charge is -2.20. The Morgan fingerprint density at radius 3 is 2.50 bits per heavy atom. The first-order chi connectivity index (χ1) is 11.5. The van der Waals surface area contributed by atoms with Crippen molar-refractivity contribution in [2.24, 2.45) is 0 Å². The van der Waals surface area contributed by atoms with Crippen LogP contribution in [0, 0.1) is 0 Å². The summed E-state index contributed by atoms with van der Waals surface area (Å²) in [7, 11) is 0. The van der Waals surface area contributed by atoms with Crippen LogP contribution in [0.25, 0.3) is 0 Å². The summed E-state index contributed by atoms with van der Waals surface area (Å²) in [5.74, 6) is -0.568. The summed E-state index contributed by atoms with van der Waals surface area (Å²) in [6.45, 7) is 1.79. The summed E-state index contributed by atoms with van der Waals surface area (Å²) in [6, 6.07) is 2.81. The topological polar surface area (TPSA) is 117 Å². The first kappa shape index (κ1) is 15.9. The summed E-state index contributed by atoms with van der Waals surface area (Å²) in [6.07, 6.45) is 6.62. The van der Waals surface area contributed by atoms with Crippen LogP contribution in [0.4, 0.5) is 0 Å². The number of aromatic hydroxyl groups is 1. The number of aromatic nitrogens is 3. The van der Waals surface area contributed by atoms with Crippen LogP contribution in [-0.4, -0.2) is 37.4 Å². The van der Waals surface area contributed by atoms with Gasteiger partial charge < -0.3 is 15.7 Å². The van der Waals surface area contributed by atoms with Gasteiger partial charge in [-0.25, -0.2) is 9.97 Å². The van der Waals surface area contributed by atoms with Gasteiger partial charge in [0.05, 0.1) is 23.5 Å². The van der Waals surface area contributed by atoms with Crippen molar-refractivity contribution in [2.75, 3.05) is 0 Å². The van der Waals surface area contributed by atoms with Crippen LogP contribution in [0.1, 0.15) is 41.9 Å². The molecule has 0 bridgehead atoms. The number of hydrogen-bond donors (Lipinski definition) is 3. The minimum absolute atomic E-state index is 0.0632. The average Bonchev–Trinajstić information content (AvgIpc) is 3.37. The molecule has 2 aromatic rings. The van der Waals surface area contributed by atoms with Crippen LogP contribution in [0.2, 0.25) is 0 Å². The molecule has 0 aliphatic heterocycles. The molecule has 1 unspecified atom stereocenters. The highest BCUT2D eigenvalue weighted by Gasteiger charge is 2.51. The van der Waals surface area contributed by atoms with Gasteiger partial charge in [0.25, 0.3) is 5.91 Å². The molecule has 2 aromatic heterocycles. The molecule has 0 spiro atoms. The Labute approximate surface area is 138 Å². The quantitative estimate of drug-likeness (QED) is 0.745. The maximum atomic E-state index is 12.5. The fourth-order valence-corrected chi connectivity index (χ4v) is 2.30. The number of hydrogen-bond acceptors (Lipinski definition) is 6. The molecule has 2 heterocycles. The van der Waals surface area contributed by atoms with Crippen molar-refractivity contribution in [3.05, 3.63) is 48.3 Å². The molecule has 1 aliphatic carbocycles. The molecule has 1 saturated carbocycles. The van der Waals surface area contributed by atoms with Gasteiger partial charge in [-0.3, -0.25) is 14.6 Å². The molecule has 8 nitrogen and oxygen atoms in total. The fraction of sp³-hybridized carbons (Fsp3) is 0.312. The standard InChI is InChI=1S/C16H17N5O3/c1-10(13-3-2-12(22)8-19-13)20-15(24)16(4-5-16)21-14(23)11-6-17-9-18-7-11/h2-3,6-10,22H,4-5H2,1H3,(H,20,24)(H,21,23). The van der Waals surface area contributed by atoms with Crippen molar-refractivity contribution < 1.29 is 14.7 Å². The molecule has 24 heavy (non-hydrogen) atoms. The van der Waals surface area contributed by atoms with E-state index in [-0.39, 0.29) is 23.6 Å². The van der Waals surface area contributed by atoms with E-state index in [2.05, 4.69) is 25.6 Å². The average molecular weight is 327 g/mol. The second-order valence-corrected chi connectivity index (χ2v) is 5.80. The van der Waals surface area contributed by atoms with E-state index in [9.17, 15) is 14.7 Å². The molecule has 3 N–H and O–H groups in total. The Kier molecular flexibility index (Phi) is 4.11. The maximum absolute atomic E-state index is 12.5. The number of carbonyl (C=O) groups is 2. The molecule has 8 heteroatoms. The van der Waals surface area contributed by atoms with Crippen LogP contribution < -0.4 is 10.6 Å². The Morgan fingerprint density at radius 2 is 1.92 bits per heavy atom. The van der Waals surface area contributed by atoms with Gasteiger partial charge in [-0.2, -0.15) is 0 Å². The Balaban J connectivity index is 1.64. The zero-order valence-electron chi connectivity index (χ0n) is 13.1. The minimum atomic E-state index is -0.891. The zero-order chi connectivity index (χ0) is 17.2. The van der Waals surface area contributed by atoms with Gasteiger partial charge in [0, 0.05) is 12.4 Å². The van der Waals surface area contributed by atoms with E-state index in [1.54, 1.807) is 13.0 Å². The summed E-state index contributed by atoms with van der Waals surface area (Å²) < 4.78 is 0. The predicted octanol–water partition coefficient (Wildman–Crippen LogP) is 0.717. The van der Waals surface area contributed by atoms with Crippen LogP contribution in [-0.2, 0) is 4.79 Å². The van der Waals surface area contributed by atoms with Gasteiger partial charge in [-0.15, -0.1) is 0 Å². The molecule has 0 aromatic carbocycles. The normalized spacial score (nSPS) is 16.0. The molecule has 0 saturated heterocycles. The minimum Gasteiger partial charge on any atom is -0.506 e. The van der Waals surface area contributed by atoms with E-state index in [0.717, 1.165) is 0 Å². The second kappa shape index (κ2) is 6.23. The Bertz CT molecular complexity index is 744. The summed E-state index contributed by atoms with van der Waals surface area (Å²) in [5, 5.41) is 14.9.